The second kappa shape index (κ2) is 5.43. The smallest absolute Gasteiger partial charge is 0.178 e. The van der Waals surface area contributed by atoms with Gasteiger partial charge in [0.15, 0.2) is 4.77 Å². The lowest BCUT2D eigenvalue weighted by molar-refractivity contribution is 0.119. The molecule has 5 heteroatoms. The van der Waals surface area contributed by atoms with E-state index >= 15 is 0 Å². The number of rotatable bonds is 6. The highest BCUT2D eigenvalue weighted by Gasteiger charge is 2.20. The zero-order valence-corrected chi connectivity index (χ0v) is 11.5. The molecule has 0 radical (unpaired) electrons. The number of aromatic amines is 1. The summed E-state index contributed by atoms with van der Waals surface area (Å²) in [5.74, 6) is 0.557. The largest absolute Gasteiger partial charge is 0.381 e. The maximum absolute atomic E-state index is 13.1. The maximum atomic E-state index is 13.1. The first-order chi connectivity index (χ1) is 9.24. The quantitative estimate of drug-likeness (QED) is 0.646. The van der Waals surface area contributed by atoms with Gasteiger partial charge >= 0.3 is 0 Å². The van der Waals surface area contributed by atoms with Crippen LogP contribution in [-0.2, 0) is 11.3 Å². The molecule has 2 aromatic rings. The van der Waals surface area contributed by atoms with E-state index in [-0.39, 0.29) is 5.82 Å². The van der Waals surface area contributed by atoms with Gasteiger partial charge in [-0.1, -0.05) is 0 Å². The first-order valence-corrected chi connectivity index (χ1v) is 7.10. The van der Waals surface area contributed by atoms with Crippen molar-refractivity contribution in [2.45, 2.75) is 25.8 Å². The molecule has 1 heterocycles. The van der Waals surface area contributed by atoms with Crippen LogP contribution in [0.1, 0.15) is 19.3 Å². The van der Waals surface area contributed by atoms with Crippen molar-refractivity contribution in [2.24, 2.45) is 5.92 Å². The number of halogens is 1. The Kier molecular flexibility index (Phi) is 3.66. The zero-order valence-electron chi connectivity index (χ0n) is 10.7. The molecule has 1 aromatic carbocycles. The minimum absolute atomic E-state index is 0.247. The van der Waals surface area contributed by atoms with E-state index in [1.807, 2.05) is 4.57 Å². The molecule has 3 nitrogen and oxygen atoms in total. The van der Waals surface area contributed by atoms with Gasteiger partial charge in [0.05, 0.1) is 11.0 Å². The highest BCUT2D eigenvalue weighted by molar-refractivity contribution is 7.71. The van der Waals surface area contributed by atoms with Gasteiger partial charge in [0, 0.05) is 19.8 Å². The van der Waals surface area contributed by atoms with Crippen LogP contribution in [0.4, 0.5) is 4.39 Å². The first kappa shape index (κ1) is 12.8. The van der Waals surface area contributed by atoms with Crippen molar-refractivity contribution in [2.75, 3.05) is 13.2 Å². The minimum Gasteiger partial charge on any atom is -0.381 e. The molecule has 1 aromatic heterocycles. The van der Waals surface area contributed by atoms with Crippen molar-refractivity contribution in [3.63, 3.8) is 0 Å². The number of H-pyrrole nitrogens is 1. The molecule has 1 fully saturated rings. The van der Waals surface area contributed by atoms with Crippen LogP contribution in [0, 0.1) is 16.5 Å². The topological polar surface area (TPSA) is 29.9 Å². The van der Waals surface area contributed by atoms with Crippen molar-refractivity contribution < 1.29 is 9.13 Å². The van der Waals surface area contributed by atoms with Crippen molar-refractivity contribution in [1.82, 2.24) is 9.55 Å². The van der Waals surface area contributed by atoms with Crippen LogP contribution in [0.2, 0.25) is 0 Å². The number of hydrogen-bond acceptors (Lipinski definition) is 2. The molecule has 1 aliphatic carbocycles. The summed E-state index contributed by atoms with van der Waals surface area (Å²) in [6, 6.07) is 4.71. The van der Waals surface area contributed by atoms with Crippen LogP contribution in [0.5, 0.6) is 0 Å². The van der Waals surface area contributed by atoms with Crippen LogP contribution < -0.4 is 0 Å². The monoisotopic (exact) mass is 280 g/mol. The van der Waals surface area contributed by atoms with Crippen molar-refractivity contribution in [1.29, 1.82) is 0 Å². The van der Waals surface area contributed by atoms with E-state index in [0.29, 0.717) is 4.77 Å². The molecular formula is C14H17FN2OS. The van der Waals surface area contributed by atoms with E-state index in [0.717, 1.165) is 43.1 Å². The molecule has 3 rings (SSSR count). The van der Waals surface area contributed by atoms with Crippen molar-refractivity contribution >= 4 is 23.3 Å². The van der Waals surface area contributed by atoms with Crippen molar-refractivity contribution in [3.8, 4) is 0 Å². The van der Waals surface area contributed by atoms with E-state index < -0.39 is 0 Å². The second-order valence-corrected chi connectivity index (χ2v) is 5.50. The summed E-state index contributed by atoms with van der Waals surface area (Å²) >= 11 is 5.27. The Bertz CT molecular complexity index is 630. The molecule has 102 valence electrons. The molecule has 1 saturated carbocycles. The average Bonchev–Trinajstić information content (AvgIpc) is 3.14. The van der Waals surface area contributed by atoms with Crippen molar-refractivity contribution in [3.05, 3.63) is 28.8 Å². The summed E-state index contributed by atoms with van der Waals surface area (Å²) in [6.07, 6.45) is 3.56. The number of ether oxygens (including phenoxy) is 1. The number of nitrogens with zero attached hydrogens (tertiary/aromatic N) is 1. The molecular weight excluding hydrogens is 263 g/mol. The third-order valence-corrected chi connectivity index (χ3v) is 3.78. The van der Waals surface area contributed by atoms with E-state index in [4.69, 9.17) is 17.0 Å². The first-order valence-electron chi connectivity index (χ1n) is 6.70. The van der Waals surface area contributed by atoms with Gasteiger partial charge in [0.2, 0.25) is 0 Å². The predicted molar refractivity (Wildman–Crippen MR) is 75.2 cm³/mol. The Morgan fingerprint density at radius 2 is 2.26 bits per heavy atom. The number of fused-ring (bicyclic) bond motifs is 1. The Morgan fingerprint density at radius 3 is 3.05 bits per heavy atom. The van der Waals surface area contributed by atoms with Crippen LogP contribution >= 0.6 is 12.2 Å². The molecule has 19 heavy (non-hydrogen) atoms. The molecule has 0 aliphatic heterocycles. The summed E-state index contributed by atoms with van der Waals surface area (Å²) in [4.78, 5) is 3.03. The third kappa shape index (κ3) is 3.04. The van der Waals surface area contributed by atoms with Gasteiger partial charge < -0.3 is 14.3 Å². The molecule has 1 N–H and O–H groups in total. The molecule has 0 atom stereocenters. The lowest BCUT2D eigenvalue weighted by Gasteiger charge is -2.05. The fraction of sp³-hybridized carbons (Fsp3) is 0.500. The molecule has 0 amide bonds. The van der Waals surface area contributed by atoms with Gasteiger partial charge in [-0.15, -0.1) is 0 Å². The van der Waals surface area contributed by atoms with Gasteiger partial charge in [-0.25, -0.2) is 4.39 Å². The van der Waals surface area contributed by atoms with E-state index in [9.17, 15) is 4.39 Å². The molecule has 0 spiro atoms. The number of imidazole rings is 1. The fourth-order valence-electron chi connectivity index (χ4n) is 2.22. The maximum Gasteiger partial charge on any atom is 0.178 e. The lowest BCUT2D eigenvalue weighted by Crippen LogP contribution is -2.04. The normalized spacial score (nSPS) is 15.2. The lowest BCUT2D eigenvalue weighted by atomic mass is 10.3. The minimum atomic E-state index is -0.247. The highest BCUT2D eigenvalue weighted by atomic mass is 32.1. The Balaban J connectivity index is 1.62. The van der Waals surface area contributed by atoms with Gasteiger partial charge in [0.1, 0.15) is 5.82 Å². The van der Waals surface area contributed by atoms with E-state index in [2.05, 4.69) is 4.98 Å². The summed E-state index contributed by atoms with van der Waals surface area (Å²) in [5, 5.41) is 0. The van der Waals surface area contributed by atoms with Crippen LogP contribution in [-0.4, -0.2) is 22.8 Å². The zero-order chi connectivity index (χ0) is 13.2. The average molecular weight is 280 g/mol. The molecule has 0 bridgehead atoms. The number of hydrogen-bond donors (Lipinski definition) is 1. The van der Waals surface area contributed by atoms with E-state index in [1.165, 1.54) is 25.0 Å². The van der Waals surface area contributed by atoms with Gasteiger partial charge in [-0.3, -0.25) is 0 Å². The number of benzene rings is 1. The molecule has 0 saturated heterocycles. The Hall–Kier alpha value is -1.20. The highest BCUT2D eigenvalue weighted by Crippen LogP contribution is 2.28. The van der Waals surface area contributed by atoms with Gasteiger partial charge in [-0.2, -0.15) is 0 Å². The fourth-order valence-corrected chi connectivity index (χ4v) is 2.52. The summed E-state index contributed by atoms with van der Waals surface area (Å²) in [6.45, 7) is 2.45. The van der Waals surface area contributed by atoms with Crippen LogP contribution in [0.25, 0.3) is 11.0 Å². The number of aryl methyl sites for hydroxylation is 1. The third-order valence-electron chi connectivity index (χ3n) is 3.46. The predicted octanol–water partition coefficient (Wildman–Crippen LogP) is 3.65. The summed E-state index contributed by atoms with van der Waals surface area (Å²) in [7, 11) is 0. The second-order valence-electron chi connectivity index (χ2n) is 5.12. The molecule has 0 unspecified atom stereocenters. The standard InChI is InChI=1S/C14H17FN2OS/c15-11-4-5-13-12(8-11)16-14(19)17(13)6-1-7-18-9-10-2-3-10/h4-5,8,10H,1-3,6-7,9H2,(H,16,19). The molecule has 1 aliphatic rings. The van der Waals surface area contributed by atoms with Gasteiger partial charge in [0.25, 0.3) is 0 Å². The summed E-state index contributed by atoms with van der Waals surface area (Å²) < 4.78 is 21.4. The Morgan fingerprint density at radius 1 is 1.42 bits per heavy atom. The Labute approximate surface area is 116 Å². The number of nitrogens with one attached hydrogen (secondary N) is 1. The van der Waals surface area contributed by atoms with Gasteiger partial charge in [-0.05, 0) is 55.6 Å². The van der Waals surface area contributed by atoms with Crippen LogP contribution in [0.3, 0.4) is 0 Å². The van der Waals surface area contributed by atoms with Crippen LogP contribution in [0.15, 0.2) is 18.2 Å². The summed E-state index contributed by atoms with van der Waals surface area (Å²) in [5.41, 5.74) is 1.71. The number of aromatic nitrogens is 2. The SMILES string of the molecule is Fc1ccc2c(c1)[nH]c(=S)n2CCCOCC1CC1. The van der Waals surface area contributed by atoms with E-state index in [1.54, 1.807) is 6.07 Å².